The first kappa shape index (κ1) is 34.4. The molecule has 4 nitrogen and oxygen atoms in total. The lowest BCUT2D eigenvalue weighted by Gasteiger charge is -2.23. The van der Waals surface area contributed by atoms with E-state index in [-0.39, 0.29) is 22.5 Å². The predicted molar refractivity (Wildman–Crippen MR) is 179 cm³/mol. The van der Waals surface area contributed by atoms with Crippen LogP contribution in [0.3, 0.4) is 0 Å². The molecular formula is C39H54O4. The van der Waals surface area contributed by atoms with Crippen molar-refractivity contribution in [1.29, 1.82) is 0 Å². The van der Waals surface area contributed by atoms with E-state index in [1.54, 1.807) is 32.4 Å². The van der Waals surface area contributed by atoms with Crippen LogP contribution in [0.15, 0.2) is 66.7 Å². The number of carbonyl (C=O) groups is 1. The lowest BCUT2D eigenvalue weighted by molar-refractivity contribution is 0.0238. The van der Waals surface area contributed by atoms with Gasteiger partial charge in [-0.25, -0.2) is 0 Å². The second kappa shape index (κ2) is 15.1. The van der Waals surface area contributed by atoms with Gasteiger partial charge in [-0.1, -0.05) is 104 Å². The molecule has 0 saturated heterocycles. The van der Waals surface area contributed by atoms with E-state index in [9.17, 15) is 4.79 Å². The Morgan fingerprint density at radius 3 is 1.60 bits per heavy atom. The number of hydrogen-bond acceptors (Lipinski definition) is 4. The Bertz CT molecular complexity index is 1220. The van der Waals surface area contributed by atoms with Gasteiger partial charge in [0, 0.05) is 5.56 Å². The molecule has 3 unspecified atom stereocenters. The molecule has 0 aromatic heterocycles. The number of ether oxygens (including phenoxy) is 3. The molecule has 4 heteroatoms. The van der Waals surface area contributed by atoms with Crippen LogP contribution in [0.1, 0.15) is 101 Å². The molecule has 0 heterocycles. The molecule has 0 fully saturated rings. The van der Waals surface area contributed by atoms with Crippen LogP contribution in [0.4, 0.5) is 0 Å². The molecular weight excluding hydrogens is 532 g/mol. The monoisotopic (exact) mass is 586 g/mol. The molecule has 0 radical (unpaired) electrons. The van der Waals surface area contributed by atoms with Gasteiger partial charge in [-0.2, -0.15) is 0 Å². The summed E-state index contributed by atoms with van der Waals surface area (Å²) in [5.74, 6) is 1.84. The molecule has 234 valence electrons. The Labute approximate surface area is 261 Å². The van der Waals surface area contributed by atoms with E-state index in [1.807, 2.05) is 0 Å². The van der Waals surface area contributed by atoms with Crippen LogP contribution < -0.4 is 9.47 Å². The van der Waals surface area contributed by atoms with Crippen molar-refractivity contribution in [1.82, 2.24) is 0 Å². The predicted octanol–water partition coefficient (Wildman–Crippen LogP) is 9.40. The number of Topliss-reactive ketones (excluding diaryl/α,β-unsaturated/α-hetero) is 1. The summed E-state index contributed by atoms with van der Waals surface area (Å²) in [6.07, 6.45) is 2.93. The van der Waals surface area contributed by atoms with Crippen LogP contribution in [-0.4, -0.2) is 32.7 Å². The minimum absolute atomic E-state index is 0.00980. The van der Waals surface area contributed by atoms with E-state index < -0.39 is 6.10 Å². The highest BCUT2D eigenvalue weighted by atomic mass is 16.5. The molecule has 3 rings (SSSR count). The molecule has 3 atom stereocenters. The zero-order valence-corrected chi connectivity index (χ0v) is 28.3. The average Bonchev–Trinajstić information content (AvgIpc) is 2.96. The summed E-state index contributed by atoms with van der Waals surface area (Å²) in [6.45, 7) is 18.4. The third kappa shape index (κ3) is 10.2. The number of benzene rings is 3. The minimum Gasteiger partial charge on any atom is -0.493 e. The molecule has 0 aliphatic rings. The fourth-order valence-corrected chi connectivity index (χ4v) is 5.43. The van der Waals surface area contributed by atoms with Gasteiger partial charge in [0.05, 0.1) is 20.8 Å². The third-order valence-corrected chi connectivity index (χ3v) is 8.27. The van der Waals surface area contributed by atoms with Crippen LogP contribution in [-0.2, 0) is 28.4 Å². The number of rotatable bonds is 14. The smallest absolute Gasteiger partial charge is 0.191 e. The molecule has 43 heavy (non-hydrogen) atoms. The van der Waals surface area contributed by atoms with Crippen molar-refractivity contribution < 1.29 is 19.0 Å². The van der Waals surface area contributed by atoms with Crippen molar-refractivity contribution in [2.24, 2.45) is 11.8 Å². The van der Waals surface area contributed by atoms with Crippen LogP contribution in [0.5, 0.6) is 11.5 Å². The lowest BCUT2D eigenvalue weighted by atomic mass is 9.85. The van der Waals surface area contributed by atoms with Crippen molar-refractivity contribution >= 4 is 5.78 Å². The Hall–Kier alpha value is -3.11. The minimum atomic E-state index is -0.519. The zero-order chi connectivity index (χ0) is 31.8. The maximum atomic E-state index is 13.8. The van der Waals surface area contributed by atoms with Crippen molar-refractivity contribution in [2.45, 2.75) is 98.0 Å². The van der Waals surface area contributed by atoms with Crippen LogP contribution in [0.2, 0.25) is 0 Å². The fraction of sp³-hybridized carbons (Fsp3) is 0.513. The van der Waals surface area contributed by atoms with Gasteiger partial charge in [0.25, 0.3) is 0 Å². The largest absolute Gasteiger partial charge is 0.493 e. The molecule has 3 aromatic rings. The van der Waals surface area contributed by atoms with Crippen molar-refractivity contribution in [3.8, 4) is 11.5 Å². The summed E-state index contributed by atoms with van der Waals surface area (Å²) in [5, 5.41) is 0. The summed E-state index contributed by atoms with van der Waals surface area (Å²) >= 11 is 0. The van der Waals surface area contributed by atoms with Gasteiger partial charge in [0.2, 0.25) is 0 Å². The van der Waals surface area contributed by atoms with E-state index >= 15 is 0 Å². The first-order valence-electron chi connectivity index (χ1n) is 15.8. The molecule has 0 bridgehead atoms. The summed E-state index contributed by atoms with van der Waals surface area (Å²) < 4.78 is 17.3. The molecule has 0 N–H and O–H groups in total. The number of ketones is 1. The van der Waals surface area contributed by atoms with Crippen molar-refractivity contribution in [3.05, 3.63) is 94.5 Å². The molecule has 3 aromatic carbocycles. The SMILES string of the molecule is COc1ccc(C(=O)C(CCC(C)Cc2ccc(C(C)(C)C)cc2)OCC(C)Cc2ccc(C(C)(C)C)cc2)cc1OC. The second-order valence-electron chi connectivity index (χ2n) is 14.3. The lowest BCUT2D eigenvalue weighted by Crippen LogP contribution is -2.28. The fourth-order valence-electron chi connectivity index (χ4n) is 5.43. The van der Waals surface area contributed by atoms with Crippen LogP contribution >= 0.6 is 0 Å². The first-order chi connectivity index (χ1) is 20.2. The van der Waals surface area contributed by atoms with E-state index in [4.69, 9.17) is 14.2 Å². The highest BCUT2D eigenvalue weighted by Crippen LogP contribution is 2.30. The van der Waals surface area contributed by atoms with Crippen LogP contribution in [0.25, 0.3) is 0 Å². The van der Waals surface area contributed by atoms with Crippen LogP contribution in [0, 0.1) is 11.8 Å². The Kier molecular flexibility index (Phi) is 12.0. The highest BCUT2D eigenvalue weighted by molar-refractivity contribution is 6.00. The first-order valence-corrected chi connectivity index (χ1v) is 15.8. The topological polar surface area (TPSA) is 44.8 Å². The van der Waals surface area contributed by atoms with Gasteiger partial charge in [-0.05, 0) is 88.8 Å². The van der Waals surface area contributed by atoms with Gasteiger partial charge in [0.15, 0.2) is 17.3 Å². The Morgan fingerprint density at radius 1 is 0.651 bits per heavy atom. The third-order valence-electron chi connectivity index (χ3n) is 8.27. The maximum Gasteiger partial charge on any atom is 0.191 e. The van der Waals surface area contributed by atoms with E-state index in [2.05, 4.69) is 104 Å². The van der Waals surface area contributed by atoms with E-state index in [0.717, 1.165) is 19.3 Å². The summed E-state index contributed by atoms with van der Waals surface area (Å²) in [5.41, 5.74) is 6.16. The Morgan fingerprint density at radius 2 is 1.14 bits per heavy atom. The van der Waals surface area contributed by atoms with E-state index in [1.165, 1.54) is 22.3 Å². The average molecular weight is 587 g/mol. The van der Waals surface area contributed by atoms with Crippen molar-refractivity contribution in [3.63, 3.8) is 0 Å². The molecule has 0 saturated carbocycles. The molecule has 0 spiro atoms. The normalized spacial score (nSPS) is 14.2. The highest BCUT2D eigenvalue weighted by Gasteiger charge is 2.24. The zero-order valence-electron chi connectivity index (χ0n) is 28.3. The quantitative estimate of drug-likeness (QED) is 0.177. The number of methoxy groups -OCH3 is 2. The van der Waals surface area contributed by atoms with Gasteiger partial charge in [-0.15, -0.1) is 0 Å². The van der Waals surface area contributed by atoms with Gasteiger partial charge in [0.1, 0.15) is 6.10 Å². The summed E-state index contributed by atoms with van der Waals surface area (Å²) in [4.78, 5) is 13.8. The summed E-state index contributed by atoms with van der Waals surface area (Å²) in [7, 11) is 3.19. The maximum absolute atomic E-state index is 13.8. The van der Waals surface area contributed by atoms with Gasteiger partial charge >= 0.3 is 0 Å². The van der Waals surface area contributed by atoms with E-state index in [0.29, 0.717) is 36.0 Å². The number of carbonyl (C=O) groups excluding carboxylic acids is 1. The second-order valence-corrected chi connectivity index (χ2v) is 14.3. The van der Waals surface area contributed by atoms with Gasteiger partial charge in [-0.3, -0.25) is 4.79 Å². The van der Waals surface area contributed by atoms with Gasteiger partial charge < -0.3 is 14.2 Å². The van der Waals surface area contributed by atoms with Crippen molar-refractivity contribution in [2.75, 3.05) is 20.8 Å². The summed E-state index contributed by atoms with van der Waals surface area (Å²) in [6, 6.07) is 23.2. The molecule has 0 amide bonds. The number of hydrogen-bond donors (Lipinski definition) is 0. The molecule has 0 aliphatic carbocycles. The Balaban J connectivity index is 1.69. The standard InChI is InChI=1S/C39H54O4/c1-27(23-29-12-17-32(18-13-29)38(3,4)5)11-21-35(37(40)31-16-22-34(41-9)36(25-31)42-10)43-26-28(2)24-30-14-19-33(20-15-30)39(6,7)8/h12-20,22,25,27-28,35H,11,21,23-24,26H2,1-10H3. The molecule has 0 aliphatic heterocycles.